The summed E-state index contributed by atoms with van der Waals surface area (Å²) in [7, 11) is 1.85. The summed E-state index contributed by atoms with van der Waals surface area (Å²) in [6.45, 7) is 1.89. The number of hydrogen-bond acceptors (Lipinski definition) is 5. The van der Waals surface area contributed by atoms with Crippen LogP contribution in [0.25, 0.3) is 16.9 Å². The third-order valence-electron chi connectivity index (χ3n) is 5.41. The van der Waals surface area contributed by atoms with Crippen LogP contribution >= 0.6 is 27.3 Å². The van der Waals surface area contributed by atoms with Gasteiger partial charge in [-0.3, -0.25) is 9.48 Å². The number of hydrogen-bond donors (Lipinski definition) is 0. The number of furan rings is 1. The average molecular weight is 534 g/mol. The minimum atomic E-state index is -0.191. The van der Waals surface area contributed by atoms with Crippen LogP contribution in [0.1, 0.15) is 11.5 Å². The summed E-state index contributed by atoms with van der Waals surface area (Å²) in [6, 6.07) is 21.1. The van der Waals surface area contributed by atoms with Gasteiger partial charge in [0.05, 0.1) is 29.6 Å². The third-order valence-corrected chi connectivity index (χ3v) is 6.92. The van der Waals surface area contributed by atoms with Crippen LogP contribution in [0.5, 0.6) is 0 Å². The highest BCUT2D eigenvalue weighted by Crippen LogP contribution is 2.28. The minimum absolute atomic E-state index is 0.191. The Hall–Kier alpha value is -3.69. The van der Waals surface area contributed by atoms with E-state index in [2.05, 4.69) is 21.0 Å². The molecule has 0 radical (unpaired) electrons. The van der Waals surface area contributed by atoms with Crippen molar-refractivity contribution in [3.05, 3.63) is 109 Å². The van der Waals surface area contributed by atoms with Crippen molar-refractivity contribution in [1.82, 2.24) is 14.0 Å². The molecule has 3 heterocycles. The van der Waals surface area contributed by atoms with Crippen molar-refractivity contribution in [3.8, 4) is 16.9 Å². The van der Waals surface area contributed by atoms with Gasteiger partial charge in [0.1, 0.15) is 5.76 Å². The maximum Gasteiger partial charge on any atom is 0.297 e. The van der Waals surface area contributed by atoms with Crippen LogP contribution in [-0.2, 0) is 7.05 Å². The molecule has 0 aliphatic carbocycles. The number of nitrogens with zero attached hydrogens (tertiary/aromatic N) is 5. The molecule has 0 saturated heterocycles. The van der Waals surface area contributed by atoms with Gasteiger partial charge in [0.15, 0.2) is 5.69 Å². The highest BCUT2D eigenvalue weighted by atomic mass is 79.9. The zero-order valence-corrected chi connectivity index (χ0v) is 20.8. The van der Waals surface area contributed by atoms with E-state index < -0.39 is 0 Å². The normalized spacial score (nSPS) is 12.1. The molecule has 170 valence electrons. The molecule has 2 aromatic carbocycles. The molecule has 0 fully saturated rings. The molecule has 5 aromatic rings. The summed E-state index contributed by atoms with van der Waals surface area (Å²) < 4.78 is 11.5. The average Bonchev–Trinajstić information content (AvgIpc) is 3.55. The molecule has 0 spiro atoms. The molecule has 0 saturated carbocycles. The summed E-state index contributed by atoms with van der Waals surface area (Å²) in [5.74, 6) is 0.616. The number of aromatic nitrogens is 3. The monoisotopic (exact) mass is 533 g/mol. The summed E-state index contributed by atoms with van der Waals surface area (Å²) in [5.41, 5.74) is 3.52. The highest BCUT2D eigenvalue weighted by molar-refractivity contribution is 9.10. The zero-order chi connectivity index (χ0) is 23.7. The lowest BCUT2D eigenvalue weighted by Gasteiger charge is -2.07. The van der Waals surface area contributed by atoms with Gasteiger partial charge in [0, 0.05) is 22.5 Å². The Labute approximate surface area is 207 Å². The first-order valence-electron chi connectivity index (χ1n) is 10.5. The van der Waals surface area contributed by atoms with Crippen LogP contribution in [0.4, 0.5) is 5.69 Å². The summed E-state index contributed by atoms with van der Waals surface area (Å²) in [4.78, 5) is 18.7. The Balaban J connectivity index is 1.72. The van der Waals surface area contributed by atoms with Gasteiger partial charge in [-0.2, -0.15) is 5.10 Å². The second-order valence-electron chi connectivity index (χ2n) is 7.48. The van der Waals surface area contributed by atoms with E-state index >= 15 is 0 Å². The molecule has 0 aliphatic heterocycles. The maximum absolute atomic E-state index is 13.4. The second kappa shape index (κ2) is 9.28. The number of thiazole rings is 1. The Morgan fingerprint density at radius 3 is 2.53 bits per heavy atom. The molecule has 0 unspecified atom stereocenters. The van der Waals surface area contributed by atoms with Gasteiger partial charge in [-0.15, -0.1) is 11.3 Å². The minimum Gasteiger partial charge on any atom is -0.463 e. The van der Waals surface area contributed by atoms with Gasteiger partial charge in [0.25, 0.3) is 5.56 Å². The molecule has 0 amide bonds. The van der Waals surface area contributed by atoms with E-state index in [1.54, 1.807) is 27.9 Å². The van der Waals surface area contributed by atoms with E-state index in [0.29, 0.717) is 16.2 Å². The van der Waals surface area contributed by atoms with E-state index in [4.69, 9.17) is 9.41 Å². The molecule has 0 aliphatic rings. The van der Waals surface area contributed by atoms with Crippen LogP contribution < -0.4 is 10.4 Å². The third kappa shape index (κ3) is 4.04. The fourth-order valence-corrected chi connectivity index (χ4v) is 4.92. The first-order valence-corrected chi connectivity index (χ1v) is 12.1. The van der Waals surface area contributed by atoms with Gasteiger partial charge >= 0.3 is 0 Å². The Morgan fingerprint density at radius 1 is 1.03 bits per heavy atom. The fourth-order valence-electron chi connectivity index (χ4n) is 3.60. The molecule has 7 nitrogen and oxygen atoms in total. The first-order chi connectivity index (χ1) is 16.5. The number of halogens is 1. The molecule has 3 aromatic heterocycles. The van der Waals surface area contributed by atoms with Gasteiger partial charge < -0.3 is 4.42 Å². The molecule has 0 N–H and O–H groups in total. The SMILES string of the molecule is Cc1c(N=c2scc(-c3ccccc3Br)n2N=Cc2ccco2)c(=O)n(-c2ccccc2)n1C. The molecule has 0 atom stereocenters. The van der Waals surface area contributed by atoms with E-state index in [-0.39, 0.29) is 5.56 Å². The lowest BCUT2D eigenvalue weighted by Crippen LogP contribution is -2.19. The second-order valence-corrected chi connectivity index (χ2v) is 9.17. The summed E-state index contributed by atoms with van der Waals surface area (Å²) >= 11 is 5.04. The van der Waals surface area contributed by atoms with Crippen LogP contribution in [0.15, 0.2) is 102 Å². The van der Waals surface area contributed by atoms with E-state index in [0.717, 1.165) is 27.1 Å². The lowest BCUT2D eigenvalue weighted by molar-refractivity contribution is 0.559. The summed E-state index contributed by atoms with van der Waals surface area (Å²) in [5, 5.41) is 6.63. The smallest absolute Gasteiger partial charge is 0.297 e. The summed E-state index contributed by atoms with van der Waals surface area (Å²) in [6.07, 6.45) is 3.23. The van der Waals surface area contributed by atoms with Crippen LogP contribution in [0.2, 0.25) is 0 Å². The molecular formula is C25H20BrN5O2S. The van der Waals surface area contributed by atoms with Crippen molar-refractivity contribution in [2.24, 2.45) is 17.1 Å². The lowest BCUT2D eigenvalue weighted by atomic mass is 10.2. The largest absolute Gasteiger partial charge is 0.463 e. The quantitative estimate of drug-likeness (QED) is 0.280. The number of para-hydroxylation sites is 1. The molecule has 9 heteroatoms. The zero-order valence-electron chi connectivity index (χ0n) is 18.4. The van der Waals surface area contributed by atoms with Crippen molar-refractivity contribution in [3.63, 3.8) is 0 Å². The predicted molar refractivity (Wildman–Crippen MR) is 138 cm³/mol. The van der Waals surface area contributed by atoms with Crippen LogP contribution in [0.3, 0.4) is 0 Å². The fraction of sp³-hybridized carbons (Fsp3) is 0.0800. The van der Waals surface area contributed by atoms with E-state index in [1.807, 2.05) is 84.7 Å². The van der Waals surface area contributed by atoms with Crippen molar-refractivity contribution in [2.75, 3.05) is 0 Å². The van der Waals surface area contributed by atoms with Crippen molar-refractivity contribution >= 4 is 39.2 Å². The van der Waals surface area contributed by atoms with Crippen LogP contribution in [-0.4, -0.2) is 20.3 Å². The maximum atomic E-state index is 13.4. The van der Waals surface area contributed by atoms with Gasteiger partial charge in [-0.05, 0) is 37.3 Å². The standard InChI is InChI=1S/C25H20BrN5O2S/c1-17-23(24(32)31(29(17)2)18-9-4-3-5-10-18)28-25-30(27-15-19-11-8-14-33-19)22(16-34-25)20-12-6-7-13-21(20)26/h3-16H,1-2H3. The van der Waals surface area contributed by atoms with E-state index in [9.17, 15) is 4.79 Å². The van der Waals surface area contributed by atoms with Gasteiger partial charge in [0.2, 0.25) is 4.80 Å². The number of rotatable bonds is 5. The van der Waals surface area contributed by atoms with Gasteiger partial charge in [-0.25, -0.2) is 14.4 Å². The molecule has 5 rings (SSSR count). The predicted octanol–water partition coefficient (Wildman–Crippen LogP) is 5.48. The van der Waals surface area contributed by atoms with Crippen LogP contribution in [0, 0.1) is 6.92 Å². The van der Waals surface area contributed by atoms with Gasteiger partial charge in [-0.1, -0.05) is 52.3 Å². The van der Waals surface area contributed by atoms with Crippen molar-refractivity contribution < 1.29 is 4.42 Å². The Kier molecular flexibility index (Phi) is 6.04. The van der Waals surface area contributed by atoms with E-state index in [1.165, 1.54) is 11.3 Å². The molecular weight excluding hydrogens is 514 g/mol. The molecule has 0 bridgehead atoms. The Morgan fingerprint density at radius 2 is 1.79 bits per heavy atom. The number of benzene rings is 2. The highest BCUT2D eigenvalue weighted by Gasteiger charge is 2.17. The van der Waals surface area contributed by atoms with Crippen molar-refractivity contribution in [2.45, 2.75) is 6.92 Å². The topological polar surface area (TPSA) is 69.7 Å². The molecule has 34 heavy (non-hydrogen) atoms. The Bertz CT molecular complexity index is 1610. The van der Waals surface area contributed by atoms with Crippen molar-refractivity contribution in [1.29, 1.82) is 0 Å². The first kappa shape index (κ1) is 22.1.